The minimum atomic E-state index is -0.262. The highest BCUT2D eigenvalue weighted by atomic mass is 16.5. The number of aryl methyl sites for hydroxylation is 1. The molecule has 0 spiro atoms. The van der Waals surface area contributed by atoms with Crippen molar-refractivity contribution in [2.45, 2.75) is 58.1 Å². The maximum atomic E-state index is 12.3. The molecule has 0 amide bonds. The number of nitrogens with zero attached hydrogens (tertiary/aromatic N) is 3. The average Bonchev–Trinajstić information content (AvgIpc) is 2.62. The highest BCUT2D eigenvalue weighted by Crippen LogP contribution is 2.29. The molecule has 1 saturated carbocycles. The molecular formula is C18H23N3O3. The number of hydrogen-bond donors (Lipinski definition) is 0. The summed E-state index contributed by atoms with van der Waals surface area (Å²) in [6.45, 7) is 2.33. The fourth-order valence-electron chi connectivity index (χ4n) is 3.39. The SMILES string of the molecule is CCC1CCCCC1OC(=O)CCn1nnc2ccccc2c1=O. The van der Waals surface area contributed by atoms with Crippen molar-refractivity contribution in [1.29, 1.82) is 0 Å². The van der Waals surface area contributed by atoms with Gasteiger partial charge < -0.3 is 4.74 Å². The third-order valence-electron chi connectivity index (χ3n) is 4.80. The third-order valence-corrected chi connectivity index (χ3v) is 4.80. The molecule has 2 unspecified atom stereocenters. The van der Waals surface area contributed by atoms with Crippen LogP contribution in [-0.4, -0.2) is 27.1 Å². The second-order valence-corrected chi connectivity index (χ2v) is 6.37. The molecule has 1 aromatic carbocycles. The first-order valence-electron chi connectivity index (χ1n) is 8.71. The lowest BCUT2D eigenvalue weighted by molar-refractivity contribution is -0.154. The van der Waals surface area contributed by atoms with Crippen LogP contribution < -0.4 is 5.56 Å². The van der Waals surface area contributed by atoms with Gasteiger partial charge >= 0.3 is 5.97 Å². The second-order valence-electron chi connectivity index (χ2n) is 6.37. The molecule has 2 aromatic rings. The number of carbonyl (C=O) groups excluding carboxylic acids is 1. The summed E-state index contributed by atoms with van der Waals surface area (Å²) in [5.74, 6) is 0.202. The molecule has 24 heavy (non-hydrogen) atoms. The first kappa shape index (κ1) is 16.6. The van der Waals surface area contributed by atoms with Gasteiger partial charge in [-0.1, -0.05) is 30.7 Å². The van der Waals surface area contributed by atoms with Crippen LogP contribution in [0.2, 0.25) is 0 Å². The Hall–Kier alpha value is -2.24. The van der Waals surface area contributed by atoms with Crippen molar-refractivity contribution in [3.63, 3.8) is 0 Å². The van der Waals surface area contributed by atoms with E-state index in [0.29, 0.717) is 16.8 Å². The summed E-state index contributed by atoms with van der Waals surface area (Å²) in [6, 6.07) is 7.07. The van der Waals surface area contributed by atoms with Crippen LogP contribution in [-0.2, 0) is 16.1 Å². The minimum Gasteiger partial charge on any atom is -0.462 e. The van der Waals surface area contributed by atoms with Gasteiger partial charge in [-0.15, -0.1) is 5.10 Å². The summed E-state index contributed by atoms with van der Waals surface area (Å²) >= 11 is 0. The molecule has 6 nitrogen and oxygen atoms in total. The van der Waals surface area contributed by atoms with E-state index >= 15 is 0 Å². The Morgan fingerprint density at radius 1 is 1.29 bits per heavy atom. The molecule has 1 aliphatic rings. The van der Waals surface area contributed by atoms with Crippen molar-refractivity contribution in [3.05, 3.63) is 34.6 Å². The first-order valence-corrected chi connectivity index (χ1v) is 8.71. The molecule has 1 heterocycles. The van der Waals surface area contributed by atoms with Gasteiger partial charge in [0.25, 0.3) is 5.56 Å². The third kappa shape index (κ3) is 3.63. The van der Waals surface area contributed by atoms with E-state index in [2.05, 4.69) is 17.2 Å². The maximum Gasteiger partial charge on any atom is 0.307 e. The molecule has 2 atom stereocenters. The summed E-state index contributed by atoms with van der Waals surface area (Å²) in [4.78, 5) is 24.5. The van der Waals surface area contributed by atoms with Crippen LogP contribution in [0.1, 0.15) is 45.4 Å². The van der Waals surface area contributed by atoms with Gasteiger partial charge in [-0.3, -0.25) is 9.59 Å². The Balaban J connectivity index is 1.62. The number of hydrogen-bond acceptors (Lipinski definition) is 5. The van der Waals surface area contributed by atoms with Gasteiger partial charge in [0.05, 0.1) is 18.4 Å². The lowest BCUT2D eigenvalue weighted by Crippen LogP contribution is -2.31. The Morgan fingerprint density at radius 2 is 2.08 bits per heavy atom. The predicted octanol–water partition coefficient (Wildman–Crippen LogP) is 2.69. The van der Waals surface area contributed by atoms with E-state index in [1.54, 1.807) is 18.2 Å². The van der Waals surface area contributed by atoms with E-state index in [4.69, 9.17) is 4.74 Å². The van der Waals surface area contributed by atoms with Gasteiger partial charge in [0.2, 0.25) is 0 Å². The Morgan fingerprint density at radius 3 is 2.92 bits per heavy atom. The number of aromatic nitrogens is 3. The predicted molar refractivity (Wildman–Crippen MR) is 90.5 cm³/mol. The second kappa shape index (κ2) is 7.55. The molecule has 0 bridgehead atoms. The van der Waals surface area contributed by atoms with Crippen molar-refractivity contribution in [2.24, 2.45) is 5.92 Å². The molecular weight excluding hydrogens is 306 g/mol. The number of carbonyl (C=O) groups is 1. The maximum absolute atomic E-state index is 12.3. The van der Waals surface area contributed by atoms with E-state index in [9.17, 15) is 9.59 Å². The van der Waals surface area contributed by atoms with E-state index < -0.39 is 0 Å². The molecule has 0 radical (unpaired) electrons. The standard InChI is InChI=1S/C18H23N3O3/c1-2-13-7-3-6-10-16(13)24-17(22)11-12-21-18(23)14-8-4-5-9-15(14)19-20-21/h4-5,8-9,13,16H,2-3,6-7,10-12H2,1H3. The van der Waals surface area contributed by atoms with Crippen LogP contribution in [0.25, 0.3) is 10.9 Å². The smallest absolute Gasteiger partial charge is 0.307 e. The van der Waals surface area contributed by atoms with Gasteiger partial charge in [0.1, 0.15) is 11.6 Å². The van der Waals surface area contributed by atoms with Crippen LogP contribution in [0.5, 0.6) is 0 Å². The molecule has 3 rings (SSSR count). The van der Waals surface area contributed by atoms with Gasteiger partial charge in [-0.2, -0.15) is 0 Å². The molecule has 1 aromatic heterocycles. The van der Waals surface area contributed by atoms with Crippen LogP contribution in [0.4, 0.5) is 0 Å². The number of esters is 1. The zero-order valence-electron chi connectivity index (χ0n) is 14.0. The summed E-state index contributed by atoms with van der Waals surface area (Å²) in [5, 5.41) is 8.44. The molecule has 1 fully saturated rings. The largest absolute Gasteiger partial charge is 0.462 e. The Kier molecular flexibility index (Phi) is 5.23. The van der Waals surface area contributed by atoms with Crippen LogP contribution in [0.3, 0.4) is 0 Å². The highest BCUT2D eigenvalue weighted by molar-refractivity contribution is 5.76. The normalized spacial score (nSPS) is 20.9. The van der Waals surface area contributed by atoms with E-state index in [0.717, 1.165) is 25.7 Å². The van der Waals surface area contributed by atoms with E-state index in [1.165, 1.54) is 11.1 Å². The number of ether oxygens (including phenoxy) is 1. The van der Waals surface area contributed by atoms with Crippen LogP contribution in [0, 0.1) is 5.92 Å². The van der Waals surface area contributed by atoms with Crippen molar-refractivity contribution < 1.29 is 9.53 Å². The van der Waals surface area contributed by atoms with Crippen LogP contribution in [0.15, 0.2) is 29.1 Å². The zero-order chi connectivity index (χ0) is 16.9. The molecule has 6 heteroatoms. The topological polar surface area (TPSA) is 74.1 Å². The quantitative estimate of drug-likeness (QED) is 0.789. The van der Waals surface area contributed by atoms with Crippen molar-refractivity contribution in [1.82, 2.24) is 15.0 Å². The molecule has 0 aliphatic heterocycles. The van der Waals surface area contributed by atoms with E-state index in [1.807, 2.05) is 6.07 Å². The molecule has 0 N–H and O–H groups in total. The number of rotatable bonds is 5. The Labute approximate surface area is 140 Å². The van der Waals surface area contributed by atoms with Crippen molar-refractivity contribution >= 4 is 16.9 Å². The van der Waals surface area contributed by atoms with Crippen molar-refractivity contribution in [2.75, 3.05) is 0 Å². The zero-order valence-corrected chi connectivity index (χ0v) is 14.0. The first-order chi connectivity index (χ1) is 11.7. The van der Waals surface area contributed by atoms with Crippen LogP contribution >= 0.6 is 0 Å². The van der Waals surface area contributed by atoms with Gasteiger partial charge in [-0.05, 0) is 43.7 Å². The Bertz CT molecular complexity index is 771. The lowest BCUT2D eigenvalue weighted by Gasteiger charge is -2.30. The molecule has 0 saturated heterocycles. The summed E-state index contributed by atoms with van der Waals surface area (Å²) < 4.78 is 6.88. The van der Waals surface area contributed by atoms with Gasteiger partial charge in [0.15, 0.2) is 0 Å². The molecule has 1 aliphatic carbocycles. The highest BCUT2D eigenvalue weighted by Gasteiger charge is 2.26. The fourth-order valence-corrected chi connectivity index (χ4v) is 3.39. The minimum absolute atomic E-state index is 0.0238. The van der Waals surface area contributed by atoms with Gasteiger partial charge in [-0.25, -0.2) is 4.68 Å². The number of fused-ring (bicyclic) bond motifs is 1. The number of benzene rings is 1. The average molecular weight is 329 g/mol. The van der Waals surface area contributed by atoms with Crippen molar-refractivity contribution in [3.8, 4) is 0 Å². The molecule has 128 valence electrons. The van der Waals surface area contributed by atoms with E-state index in [-0.39, 0.29) is 30.6 Å². The summed E-state index contributed by atoms with van der Waals surface area (Å²) in [5.41, 5.74) is 0.340. The van der Waals surface area contributed by atoms with Gasteiger partial charge in [0, 0.05) is 0 Å². The summed E-state index contributed by atoms with van der Waals surface area (Å²) in [7, 11) is 0. The monoisotopic (exact) mass is 329 g/mol. The lowest BCUT2D eigenvalue weighted by atomic mass is 9.85. The summed E-state index contributed by atoms with van der Waals surface area (Å²) in [6.07, 6.45) is 5.60. The fraction of sp³-hybridized carbons (Fsp3) is 0.556.